The van der Waals surface area contributed by atoms with E-state index in [2.05, 4.69) is 65.8 Å². The van der Waals surface area contributed by atoms with Gasteiger partial charge in [-0.1, -0.05) is 48.5 Å². The highest BCUT2D eigenvalue weighted by atomic mass is 14.9. The third-order valence-corrected chi connectivity index (χ3v) is 3.78. The molecule has 1 aromatic heterocycles. The molecule has 0 saturated heterocycles. The zero-order chi connectivity index (χ0) is 13.9. The molecule has 0 radical (unpaired) electrons. The third kappa shape index (κ3) is 2.19. The Hall–Kier alpha value is -2.19. The number of aromatic nitrogens is 1. The summed E-state index contributed by atoms with van der Waals surface area (Å²) in [5.74, 6) is 0. The van der Waals surface area contributed by atoms with Gasteiger partial charge in [-0.3, -0.25) is 4.98 Å². The Morgan fingerprint density at radius 1 is 0.900 bits per heavy atom. The molecule has 0 spiro atoms. The van der Waals surface area contributed by atoms with Gasteiger partial charge in [0.1, 0.15) is 0 Å². The van der Waals surface area contributed by atoms with Crippen LogP contribution in [0.3, 0.4) is 0 Å². The van der Waals surface area contributed by atoms with Crippen molar-refractivity contribution in [2.75, 3.05) is 7.05 Å². The molecule has 2 heteroatoms. The van der Waals surface area contributed by atoms with Crippen molar-refractivity contribution in [3.63, 3.8) is 0 Å². The first-order valence-electron chi connectivity index (χ1n) is 6.87. The van der Waals surface area contributed by atoms with Gasteiger partial charge in [-0.25, -0.2) is 0 Å². The van der Waals surface area contributed by atoms with Crippen molar-refractivity contribution in [3.8, 4) is 0 Å². The molecule has 1 atom stereocenters. The van der Waals surface area contributed by atoms with Crippen LogP contribution in [0.1, 0.15) is 22.9 Å². The maximum absolute atomic E-state index is 4.41. The Morgan fingerprint density at radius 3 is 2.45 bits per heavy atom. The minimum absolute atomic E-state index is 0.162. The summed E-state index contributed by atoms with van der Waals surface area (Å²) in [6, 6.07) is 19.3. The second-order valence-corrected chi connectivity index (χ2v) is 4.97. The lowest BCUT2D eigenvalue weighted by Gasteiger charge is -2.20. The highest BCUT2D eigenvalue weighted by Crippen LogP contribution is 2.29. The number of nitrogens with one attached hydrogen (secondary N) is 1. The molecule has 3 rings (SSSR count). The van der Waals surface area contributed by atoms with Gasteiger partial charge in [0.15, 0.2) is 0 Å². The van der Waals surface area contributed by atoms with E-state index in [1.54, 1.807) is 0 Å². The van der Waals surface area contributed by atoms with E-state index in [9.17, 15) is 0 Å². The topological polar surface area (TPSA) is 24.9 Å². The molecule has 20 heavy (non-hydrogen) atoms. The summed E-state index contributed by atoms with van der Waals surface area (Å²) in [6.07, 6.45) is 1.84. The molecule has 0 aliphatic heterocycles. The van der Waals surface area contributed by atoms with Crippen LogP contribution in [0.25, 0.3) is 10.8 Å². The third-order valence-electron chi connectivity index (χ3n) is 3.78. The summed E-state index contributed by atoms with van der Waals surface area (Å²) in [5, 5.41) is 5.99. The number of fused-ring (bicyclic) bond motifs is 1. The Morgan fingerprint density at radius 2 is 1.65 bits per heavy atom. The standard InChI is InChI=1S/C18H18N2/c1-13-15(11-6-12-20-13)18(19-2)17-10-5-8-14-7-3-4-9-16(14)17/h3-12,18-19H,1-2H3. The smallest absolute Gasteiger partial charge is 0.0598 e. The normalized spacial score (nSPS) is 12.5. The van der Waals surface area contributed by atoms with Gasteiger partial charge < -0.3 is 5.32 Å². The van der Waals surface area contributed by atoms with Crippen LogP contribution in [-0.2, 0) is 0 Å². The second kappa shape index (κ2) is 5.43. The zero-order valence-corrected chi connectivity index (χ0v) is 11.8. The minimum Gasteiger partial charge on any atom is -0.309 e. The fraction of sp³-hybridized carbons (Fsp3) is 0.167. The Kier molecular flexibility index (Phi) is 3.48. The predicted octanol–water partition coefficient (Wildman–Crippen LogP) is 3.85. The van der Waals surface area contributed by atoms with Crippen LogP contribution < -0.4 is 5.32 Å². The van der Waals surface area contributed by atoms with Gasteiger partial charge in [-0.2, -0.15) is 0 Å². The molecule has 0 amide bonds. The van der Waals surface area contributed by atoms with E-state index in [4.69, 9.17) is 0 Å². The SMILES string of the molecule is CNC(c1cccnc1C)c1cccc2ccccc12. The molecule has 0 aliphatic carbocycles. The largest absolute Gasteiger partial charge is 0.309 e. The maximum atomic E-state index is 4.41. The van der Waals surface area contributed by atoms with E-state index < -0.39 is 0 Å². The van der Waals surface area contributed by atoms with Gasteiger partial charge in [-0.05, 0) is 41.9 Å². The molecular formula is C18H18N2. The van der Waals surface area contributed by atoms with Crippen LogP contribution in [0.4, 0.5) is 0 Å². The van der Waals surface area contributed by atoms with Crippen molar-refractivity contribution in [2.45, 2.75) is 13.0 Å². The molecule has 3 aromatic rings. The first-order valence-corrected chi connectivity index (χ1v) is 6.87. The molecule has 0 saturated carbocycles. The van der Waals surface area contributed by atoms with Crippen LogP contribution in [0.15, 0.2) is 60.8 Å². The first-order chi connectivity index (χ1) is 9.81. The Labute approximate surface area is 119 Å². The highest BCUT2D eigenvalue weighted by Gasteiger charge is 2.16. The van der Waals surface area contributed by atoms with Crippen molar-refractivity contribution < 1.29 is 0 Å². The molecule has 2 aromatic carbocycles. The monoisotopic (exact) mass is 262 g/mol. The molecule has 1 N–H and O–H groups in total. The van der Waals surface area contributed by atoms with Gasteiger partial charge in [0.25, 0.3) is 0 Å². The van der Waals surface area contributed by atoms with Crippen molar-refractivity contribution in [1.82, 2.24) is 10.3 Å². The molecule has 1 unspecified atom stereocenters. The van der Waals surface area contributed by atoms with Crippen LogP contribution in [0.5, 0.6) is 0 Å². The zero-order valence-electron chi connectivity index (χ0n) is 11.8. The van der Waals surface area contributed by atoms with Crippen molar-refractivity contribution >= 4 is 10.8 Å². The van der Waals surface area contributed by atoms with E-state index in [0.717, 1.165) is 5.69 Å². The number of pyridine rings is 1. The Balaban J connectivity index is 2.20. The molecule has 100 valence electrons. The lowest BCUT2D eigenvalue weighted by Crippen LogP contribution is -2.19. The van der Waals surface area contributed by atoms with Gasteiger partial charge in [0.2, 0.25) is 0 Å². The van der Waals surface area contributed by atoms with Crippen LogP contribution in [0.2, 0.25) is 0 Å². The summed E-state index contributed by atoms with van der Waals surface area (Å²) >= 11 is 0. The number of nitrogens with zero attached hydrogens (tertiary/aromatic N) is 1. The van der Waals surface area contributed by atoms with Crippen molar-refractivity contribution in [2.24, 2.45) is 0 Å². The molecule has 2 nitrogen and oxygen atoms in total. The van der Waals surface area contributed by atoms with Crippen LogP contribution in [0, 0.1) is 6.92 Å². The number of aryl methyl sites for hydroxylation is 1. The molecule has 0 fully saturated rings. The second-order valence-electron chi connectivity index (χ2n) is 4.97. The van der Waals surface area contributed by atoms with Gasteiger partial charge in [0.05, 0.1) is 6.04 Å². The average molecular weight is 262 g/mol. The van der Waals surface area contributed by atoms with Crippen LogP contribution in [-0.4, -0.2) is 12.0 Å². The summed E-state index contributed by atoms with van der Waals surface area (Å²) in [6.45, 7) is 2.06. The number of hydrogen-bond donors (Lipinski definition) is 1. The van der Waals surface area contributed by atoms with Gasteiger partial charge >= 0.3 is 0 Å². The lowest BCUT2D eigenvalue weighted by molar-refractivity contribution is 0.688. The number of rotatable bonds is 3. The number of hydrogen-bond acceptors (Lipinski definition) is 2. The van der Waals surface area contributed by atoms with Crippen molar-refractivity contribution in [3.05, 3.63) is 77.6 Å². The van der Waals surface area contributed by atoms with E-state index in [0.29, 0.717) is 0 Å². The van der Waals surface area contributed by atoms with E-state index >= 15 is 0 Å². The average Bonchev–Trinajstić information content (AvgIpc) is 2.50. The maximum Gasteiger partial charge on any atom is 0.0598 e. The first kappa shape index (κ1) is 12.8. The summed E-state index contributed by atoms with van der Waals surface area (Å²) in [7, 11) is 2.00. The summed E-state index contributed by atoms with van der Waals surface area (Å²) in [4.78, 5) is 4.41. The van der Waals surface area contributed by atoms with Crippen LogP contribution >= 0.6 is 0 Å². The van der Waals surface area contributed by atoms with E-state index in [1.807, 2.05) is 19.3 Å². The van der Waals surface area contributed by atoms with E-state index in [-0.39, 0.29) is 6.04 Å². The molecule has 1 heterocycles. The quantitative estimate of drug-likeness (QED) is 0.775. The fourth-order valence-corrected chi connectivity index (χ4v) is 2.78. The Bertz CT molecular complexity index is 729. The predicted molar refractivity (Wildman–Crippen MR) is 83.8 cm³/mol. The van der Waals surface area contributed by atoms with E-state index in [1.165, 1.54) is 21.9 Å². The lowest BCUT2D eigenvalue weighted by atomic mass is 9.93. The van der Waals surface area contributed by atoms with Gasteiger partial charge in [0, 0.05) is 11.9 Å². The summed E-state index contributed by atoms with van der Waals surface area (Å²) in [5.41, 5.74) is 3.59. The van der Waals surface area contributed by atoms with Crippen molar-refractivity contribution in [1.29, 1.82) is 0 Å². The number of benzene rings is 2. The molecule has 0 aliphatic rings. The summed E-state index contributed by atoms with van der Waals surface area (Å²) < 4.78 is 0. The fourth-order valence-electron chi connectivity index (χ4n) is 2.78. The van der Waals surface area contributed by atoms with Gasteiger partial charge in [-0.15, -0.1) is 0 Å². The molecule has 0 bridgehead atoms. The minimum atomic E-state index is 0.162. The highest BCUT2D eigenvalue weighted by molar-refractivity contribution is 5.86. The molecular weight excluding hydrogens is 244 g/mol.